The lowest BCUT2D eigenvalue weighted by atomic mass is 11.3. The lowest BCUT2D eigenvalue weighted by Gasteiger charge is -2.13. The number of hydrogen-bond donors (Lipinski definition) is 0. The van der Waals surface area contributed by atoms with Gasteiger partial charge in [0.05, 0.1) is 0 Å². The fraction of sp³-hybridized carbons (Fsp3) is 1.00. The quantitative estimate of drug-likeness (QED) is 0.627. The molecule has 0 atom stereocenters. The Kier molecular flexibility index (Phi) is 2.88. The fourth-order valence-corrected chi connectivity index (χ4v) is 0.510. The van der Waals surface area contributed by atoms with Crippen molar-refractivity contribution in [2.24, 2.45) is 0 Å². The number of hydrogen-bond acceptors (Lipinski definition) is 1. The van der Waals surface area contributed by atoms with Crippen LogP contribution in [0.3, 0.4) is 0 Å². The summed E-state index contributed by atoms with van der Waals surface area (Å²) in [7, 11) is 0. The van der Waals surface area contributed by atoms with E-state index in [-0.39, 0.29) is 0 Å². The van der Waals surface area contributed by atoms with Crippen LogP contribution in [0.1, 0.15) is 0 Å². The highest BCUT2D eigenvalue weighted by molar-refractivity contribution is 6.46. The molecule has 0 bridgehead atoms. The van der Waals surface area contributed by atoms with Gasteiger partial charge in [-0.2, -0.15) is 13.2 Å². The molecule has 0 spiro atoms. The van der Waals surface area contributed by atoms with Crippen LogP contribution in [0.25, 0.3) is 0 Å². The zero-order valence-corrected chi connectivity index (χ0v) is 5.94. The first kappa shape index (κ1) is 9.62. The fourth-order valence-electron chi connectivity index (χ4n) is 0.131. The normalized spacial score (nSPS) is 14.0. The zero-order chi connectivity index (χ0) is 7.71. The van der Waals surface area contributed by atoms with Crippen molar-refractivity contribution in [1.29, 1.82) is 0 Å². The van der Waals surface area contributed by atoms with Gasteiger partial charge in [-0.15, -0.1) is 0 Å². The molecule has 0 unspecified atom stereocenters. The summed E-state index contributed by atoms with van der Waals surface area (Å²) in [6.07, 6.45) is 0. The molecule has 0 N–H and O–H groups in total. The maximum atomic E-state index is 11.6. The van der Waals surface area contributed by atoms with Crippen molar-refractivity contribution in [1.82, 2.24) is 0 Å². The molecule has 0 heterocycles. The Morgan fingerprint density at radius 3 is 1.33 bits per heavy atom. The van der Waals surface area contributed by atoms with Crippen LogP contribution in [-0.2, 0) is 4.74 Å². The topological polar surface area (TPSA) is 9.23 Å². The molecule has 0 saturated heterocycles. The van der Waals surface area contributed by atoms with Crippen molar-refractivity contribution in [3.8, 4) is 0 Å². The van der Waals surface area contributed by atoms with Gasteiger partial charge in [0.1, 0.15) is 0 Å². The summed E-state index contributed by atoms with van der Waals surface area (Å²) in [4.78, 5) is 0. The Labute approximate surface area is 63.6 Å². The minimum absolute atomic E-state index is 2.92. The molecule has 0 fully saturated rings. The van der Waals surface area contributed by atoms with E-state index in [0.29, 0.717) is 0 Å². The van der Waals surface area contributed by atoms with Crippen LogP contribution < -0.4 is 0 Å². The molecule has 7 heteroatoms. The van der Waals surface area contributed by atoms with Gasteiger partial charge in [0, 0.05) is 0 Å². The van der Waals surface area contributed by atoms with Crippen LogP contribution in [0.5, 0.6) is 0 Å². The molecule has 9 heavy (non-hydrogen) atoms. The van der Waals surface area contributed by atoms with Gasteiger partial charge >= 0.3 is 10.3 Å². The minimum Gasteiger partial charge on any atom is -0.242 e. The second-order valence-electron chi connectivity index (χ2n) is 0.994. The summed E-state index contributed by atoms with van der Waals surface area (Å²) in [5.74, 6) is 0. The molecule has 0 aromatic carbocycles. The first-order valence-corrected chi connectivity index (χ1v) is 2.68. The third kappa shape index (κ3) is 8.62. The van der Waals surface area contributed by atoms with Crippen molar-refractivity contribution in [3.63, 3.8) is 0 Å². The highest BCUT2D eigenvalue weighted by atomic mass is 35.5. The molecule has 0 saturated carbocycles. The molecular weight excluding hydrogens is 203 g/mol. The second-order valence-corrected chi connectivity index (χ2v) is 2.60. The standard InChI is InChI=1S/C2Cl3F3O/c3-1(4,6)9-2(5,7)8. The Bertz CT molecular complexity index is 82.2. The van der Waals surface area contributed by atoms with Crippen LogP contribution in [0.2, 0.25) is 0 Å². The molecule has 0 radical (unpaired) electrons. The van der Waals surface area contributed by atoms with Crippen LogP contribution in [-0.4, -0.2) is 10.3 Å². The van der Waals surface area contributed by atoms with Crippen molar-refractivity contribution in [3.05, 3.63) is 0 Å². The predicted octanol–water partition coefficient (Wildman–Crippen LogP) is 2.85. The molecule has 0 amide bonds. The van der Waals surface area contributed by atoms with Gasteiger partial charge in [0.15, 0.2) is 0 Å². The van der Waals surface area contributed by atoms with Gasteiger partial charge in [-0.1, -0.05) is 0 Å². The van der Waals surface area contributed by atoms with Gasteiger partial charge < -0.3 is 0 Å². The Balaban J connectivity index is 3.75. The molecule has 0 rings (SSSR count). The Hall–Kier alpha value is 0.620. The highest BCUT2D eigenvalue weighted by Gasteiger charge is 2.39. The van der Waals surface area contributed by atoms with Crippen molar-refractivity contribution < 1.29 is 17.9 Å². The van der Waals surface area contributed by atoms with Crippen LogP contribution in [0, 0.1) is 0 Å². The van der Waals surface area contributed by atoms with E-state index >= 15 is 0 Å². The van der Waals surface area contributed by atoms with Gasteiger partial charge in [-0.25, -0.2) is 4.74 Å². The average molecular weight is 203 g/mol. The van der Waals surface area contributed by atoms with E-state index < -0.39 is 10.3 Å². The van der Waals surface area contributed by atoms with E-state index in [9.17, 15) is 13.2 Å². The zero-order valence-electron chi connectivity index (χ0n) is 3.68. The second kappa shape index (κ2) is 2.70. The summed E-state index contributed by atoms with van der Waals surface area (Å²) < 4.78 is 33.8. The summed E-state index contributed by atoms with van der Waals surface area (Å²) in [5.41, 5.74) is -4.18. The Morgan fingerprint density at radius 2 is 1.33 bits per heavy atom. The predicted molar refractivity (Wildman–Crippen MR) is 27.4 cm³/mol. The summed E-state index contributed by atoms with van der Waals surface area (Å²) in [6, 6.07) is 0. The maximum absolute atomic E-state index is 11.6. The van der Waals surface area contributed by atoms with Gasteiger partial charge in [0.25, 0.3) is 0 Å². The number of halogens is 6. The lowest BCUT2D eigenvalue weighted by molar-refractivity contribution is -0.222. The van der Waals surface area contributed by atoms with Crippen molar-refractivity contribution in [2.45, 2.75) is 10.3 Å². The van der Waals surface area contributed by atoms with E-state index in [2.05, 4.69) is 39.5 Å². The third-order valence-corrected chi connectivity index (χ3v) is 0.463. The van der Waals surface area contributed by atoms with E-state index in [1.807, 2.05) is 0 Å². The molecule has 0 aliphatic rings. The molecule has 0 aliphatic carbocycles. The van der Waals surface area contributed by atoms with Gasteiger partial charge in [-0.3, -0.25) is 0 Å². The lowest BCUT2D eigenvalue weighted by Crippen LogP contribution is -2.22. The first-order valence-electron chi connectivity index (χ1n) is 1.54. The Morgan fingerprint density at radius 1 is 1.00 bits per heavy atom. The minimum atomic E-state index is -4.18. The SMILES string of the molecule is FC(F)(Cl)OC(F)(Cl)Cl. The molecular formula is C2Cl3F3O. The van der Waals surface area contributed by atoms with E-state index in [4.69, 9.17) is 0 Å². The summed E-state index contributed by atoms with van der Waals surface area (Å²) >= 11 is 12.7. The summed E-state index contributed by atoms with van der Waals surface area (Å²) in [5, 5.41) is 0. The monoisotopic (exact) mass is 202 g/mol. The smallest absolute Gasteiger partial charge is 0.242 e. The molecule has 1 nitrogen and oxygen atoms in total. The van der Waals surface area contributed by atoms with Gasteiger partial charge in [-0.05, 0) is 34.8 Å². The van der Waals surface area contributed by atoms with Gasteiger partial charge in [0.2, 0.25) is 0 Å². The summed E-state index contributed by atoms with van der Waals surface area (Å²) in [6.45, 7) is 0. The van der Waals surface area contributed by atoms with Crippen LogP contribution in [0.15, 0.2) is 0 Å². The number of alkyl halides is 6. The highest BCUT2D eigenvalue weighted by Crippen LogP contribution is 2.34. The molecule has 56 valence electrons. The van der Waals surface area contributed by atoms with Crippen molar-refractivity contribution in [2.75, 3.05) is 0 Å². The number of ether oxygens (including phenoxy) is 1. The molecule has 0 aromatic rings. The van der Waals surface area contributed by atoms with Crippen LogP contribution >= 0.6 is 34.8 Å². The maximum Gasteiger partial charge on any atom is 0.444 e. The van der Waals surface area contributed by atoms with E-state index in [1.54, 1.807) is 0 Å². The number of rotatable bonds is 2. The van der Waals surface area contributed by atoms with Crippen molar-refractivity contribution >= 4 is 34.8 Å². The molecule has 0 aliphatic heterocycles. The third-order valence-electron chi connectivity index (χ3n) is 0.231. The van der Waals surface area contributed by atoms with Crippen LogP contribution in [0.4, 0.5) is 13.2 Å². The molecule has 0 aromatic heterocycles. The average Bonchev–Trinajstić information content (AvgIpc) is 1.14. The van der Waals surface area contributed by atoms with E-state index in [0.717, 1.165) is 0 Å². The van der Waals surface area contributed by atoms with E-state index in [1.165, 1.54) is 0 Å². The first-order chi connectivity index (χ1) is 3.71. The largest absolute Gasteiger partial charge is 0.444 e.